The fourth-order valence-electron chi connectivity index (χ4n) is 2.90. The monoisotopic (exact) mass is 376 g/mol. The summed E-state index contributed by atoms with van der Waals surface area (Å²) < 4.78 is 13.7. The predicted molar refractivity (Wildman–Crippen MR) is 107 cm³/mol. The third-order valence-electron chi connectivity index (χ3n) is 4.47. The minimum absolute atomic E-state index is 0.0263. The van der Waals surface area contributed by atoms with Crippen molar-refractivity contribution in [2.45, 2.75) is 19.4 Å². The van der Waals surface area contributed by atoms with Crippen molar-refractivity contribution in [2.75, 3.05) is 5.32 Å². The van der Waals surface area contributed by atoms with Crippen LogP contribution in [0.3, 0.4) is 0 Å². The van der Waals surface area contributed by atoms with Crippen LogP contribution in [0, 0.1) is 12.7 Å². The van der Waals surface area contributed by atoms with Crippen LogP contribution in [0.15, 0.2) is 78.9 Å². The van der Waals surface area contributed by atoms with Crippen LogP contribution in [0.4, 0.5) is 10.1 Å². The largest absolute Gasteiger partial charge is 0.345 e. The van der Waals surface area contributed by atoms with E-state index in [-0.39, 0.29) is 24.1 Å². The standard InChI is InChI=1S/C23H21FN2O2/c1-16-19(24)13-8-14-20(16)25-22(27)15-21(17-9-4-2-5-10-17)26-23(28)18-11-6-3-7-12-18/h2-14,21H,15H2,1H3,(H,25,27)(H,26,28)/t21-/m0/s1. The van der Waals surface area contributed by atoms with Crippen LogP contribution in [0.1, 0.15) is 33.9 Å². The number of carbonyl (C=O) groups is 2. The van der Waals surface area contributed by atoms with E-state index >= 15 is 0 Å². The third-order valence-corrected chi connectivity index (χ3v) is 4.47. The van der Waals surface area contributed by atoms with Crippen molar-refractivity contribution in [3.05, 3.63) is 101 Å². The molecule has 28 heavy (non-hydrogen) atoms. The molecule has 4 nitrogen and oxygen atoms in total. The first-order chi connectivity index (χ1) is 13.5. The van der Waals surface area contributed by atoms with E-state index in [0.717, 1.165) is 5.56 Å². The summed E-state index contributed by atoms with van der Waals surface area (Å²) >= 11 is 0. The molecule has 0 heterocycles. The van der Waals surface area contributed by atoms with E-state index in [1.54, 1.807) is 43.3 Å². The summed E-state index contributed by atoms with van der Waals surface area (Å²) in [5.41, 5.74) is 2.13. The Morgan fingerprint density at radius 1 is 0.893 bits per heavy atom. The maximum atomic E-state index is 13.7. The summed E-state index contributed by atoms with van der Waals surface area (Å²) in [7, 11) is 0. The van der Waals surface area contributed by atoms with Gasteiger partial charge in [0.25, 0.3) is 5.91 Å². The van der Waals surface area contributed by atoms with Crippen molar-refractivity contribution >= 4 is 17.5 Å². The molecule has 0 bridgehead atoms. The summed E-state index contributed by atoms with van der Waals surface area (Å²) in [6, 6.07) is 22.2. The second kappa shape index (κ2) is 8.95. The molecule has 3 aromatic rings. The van der Waals surface area contributed by atoms with E-state index in [1.807, 2.05) is 36.4 Å². The molecule has 0 aliphatic carbocycles. The molecule has 5 heteroatoms. The number of hydrogen-bond donors (Lipinski definition) is 2. The van der Waals surface area contributed by atoms with Gasteiger partial charge in [-0.15, -0.1) is 0 Å². The molecule has 0 aliphatic heterocycles. The van der Waals surface area contributed by atoms with Gasteiger partial charge in [0.05, 0.1) is 12.5 Å². The van der Waals surface area contributed by atoms with E-state index in [0.29, 0.717) is 16.8 Å². The number of nitrogens with one attached hydrogen (secondary N) is 2. The predicted octanol–water partition coefficient (Wildman–Crippen LogP) is 4.63. The zero-order valence-electron chi connectivity index (χ0n) is 15.5. The lowest BCUT2D eigenvalue weighted by Gasteiger charge is -2.19. The van der Waals surface area contributed by atoms with Crippen LogP contribution < -0.4 is 10.6 Å². The Labute approximate surface area is 163 Å². The van der Waals surface area contributed by atoms with Gasteiger partial charge in [-0.1, -0.05) is 54.6 Å². The molecular weight excluding hydrogens is 355 g/mol. The van der Waals surface area contributed by atoms with Gasteiger partial charge in [-0.3, -0.25) is 9.59 Å². The first-order valence-corrected chi connectivity index (χ1v) is 9.00. The van der Waals surface area contributed by atoms with Crippen LogP contribution in [-0.4, -0.2) is 11.8 Å². The van der Waals surface area contributed by atoms with Crippen molar-refractivity contribution in [1.29, 1.82) is 0 Å². The van der Waals surface area contributed by atoms with E-state index in [9.17, 15) is 14.0 Å². The van der Waals surface area contributed by atoms with Gasteiger partial charge < -0.3 is 10.6 Å². The Bertz CT molecular complexity index is 959. The fourth-order valence-corrected chi connectivity index (χ4v) is 2.90. The summed E-state index contributed by atoms with van der Waals surface area (Å²) in [5.74, 6) is -0.949. The molecule has 142 valence electrons. The van der Waals surface area contributed by atoms with Gasteiger partial charge in [0.1, 0.15) is 5.82 Å². The Balaban J connectivity index is 1.76. The van der Waals surface area contributed by atoms with Gasteiger partial charge >= 0.3 is 0 Å². The number of carbonyl (C=O) groups excluding carboxylic acids is 2. The molecule has 0 saturated carbocycles. The van der Waals surface area contributed by atoms with Gasteiger partial charge in [-0.25, -0.2) is 4.39 Å². The Morgan fingerprint density at radius 3 is 2.21 bits per heavy atom. The Hall–Kier alpha value is -3.47. The average Bonchev–Trinajstić information content (AvgIpc) is 2.72. The highest BCUT2D eigenvalue weighted by molar-refractivity contribution is 5.96. The zero-order valence-corrected chi connectivity index (χ0v) is 15.5. The lowest BCUT2D eigenvalue weighted by atomic mass is 10.0. The van der Waals surface area contributed by atoms with Gasteiger partial charge in [0.2, 0.25) is 5.91 Å². The zero-order chi connectivity index (χ0) is 19.9. The van der Waals surface area contributed by atoms with Gasteiger partial charge in [0, 0.05) is 16.8 Å². The molecule has 2 amide bonds. The average molecular weight is 376 g/mol. The normalized spacial score (nSPS) is 11.5. The van der Waals surface area contributed by atoms with Crippen molar-refractivity contribution < 1.29 is 14.0 Å². The highest BCUT2D eigenvalue weighted by atomic mass is 19.1. The lowest BCUT2D eigenvalue weighted by molar-refractivity contribution is -0.116. The number of anilines is 1. The molecule has 3 rings (SSSR count). The number of halogens is 1. The highest BCUT2D eigenvalue weighted by Crippen LogP contribution is 2.21. The van der Waals surface area contributed by atoms with Crippen molar-refractivity contribution in [3.63, 3.8) is 0 Å². The topological polar surface area (TPSA) is 58.2 Å². The molecule has 0 spiro atoms. The van der Waals surface area contributed by atoms with Gasteiger partial charge in [-0.2, -0.15) is 0 Å². The number of benzene rings is 3. The molecule has 0 aliphatic rings. The number of rotatable bonds is 6. The molecule has 0 aromatic heterocycles. The van der Waals surface area contributed by atoms with Crippen LogP contribution >= 0.6 is 0 Å². The van der Waals surface area contributed by atoms with Crippen molar-refractivity contribution in [3.8, 4) is 0 Å². The maximum Gasteiger partial charge on any atom is 0.251 e. The molecule has 1 atom stereocenters. The molecule has 0 fully saturated rings. The van der Waals surface area contributed by atoms with Crippen LogP contribution in [0.25, 0.3) is 0 Å². The lowest BCUT2D eigenvalue weighted by Crippen LogP contribution is -2.31. The van der Waals surface area contributed by atoms with Crippen LogP contribution in [0.2, 0.25) is 0 Å². The summed E-state index contributed by atoms with van der Waals surface area (Å²) in [4.78, 5) is 25.2. The molecule has 0 radical (unpaired) electrons. The minimum atomic E-state index is -0.511. The van der Waals surface area contributed by atoms with E-state index in [4.69, 9.17) is 0 Å². The fraction of sp³-hybridized carbons (Fsp3) is 0.130. The van der Waals surface area contributed by atoms with E-state index in [1.165, 1.54) is 6.07 Å². The van der Waals surface area contributed by atoms with Crippen LogP contribution in [0.5, 0.6) is 0 Å². The van der Waals surface area contributed by atoms with E-state index < -0.39 is 6.04 Å². The summed E-state index contributed by atoms with van der Waals surface area (Å²) in [5, 5.41) is 5.65. The molecule has 2 N–H and O–H groups in total. The second-order valence-electron chi connectivity index (χ2n) is 6.47. The minimum Gasteiger partial charge on any atom is -0.345 e. The Morgan fingerprint density at radius 2 is 1.54 bits per heavy atom. The highest BCUT2D eigenvalue weighted by Gasteiger charge is 2.20. The first kappa shape index (κ1) is 19.3. The third kappa shape index (κ3) is 4.82. The first-order valence-electron chi connectivity index (χ1n) is 9.00. The summed E-state index contributed by atoms with van der Waals surface area (Å²) in [6.45, 7) is 1.61. The SMILES string of the molecule is Cc1c(F)cccc1NC(=O)C[C@H](NC(=O)c1ccccc1)c1ccccc1. The van der Waals surface area contributed by atoms with E-state index in [2.05, 4.69) is 10.6 Å². The summed E-state index contributed by atoms with van der Waals surface area (Å²) in [6.07, 6.45) is 0.0263. The molecule has 0 saturated heterocycles. The number of amides is 2. The Kier molecular flexibility index (Phi) is 6.17. The maximum absolute atomic E-state index is 13.7. The van der Waals surface area contributed by atoms with Gasteiger partial charge in [-0.05, 0) is 36.8 Å². The quantitative estimate of drug-likeness (QED) is 0.659. The number of hydrogen-bond acceptors (Lipinski definition) is 2. The smallest absolute Gasteiger partial charge is 0.251 e. The van der Waals surface area contributed by atoms with Crippen LogP contribution in [-0.2, 0) is 4.79 Å². The van der Waals surface area contributed by atoms with Crippen molar-refractivity contribution in [2.24, 2.45) is 0 Å². The second-order valence-corrected chi connectivity index (χ2v) is 6.47. The molecule has 0 unspecified atom stereocenters. The molecular formula is C23H21FN2O2. The van der Waals surface area contributed by atoms with Crippen molar-refractivity contribution in [1.82, 2.24) is 5.32 Å². The molecule has 3 aromatic carbocycles. The van der Waals surface area contributed by atoms with Gasteiger partial charge in [0.15, 0.2) is 0 Å².